The van der Waals surface area contributed by atoms with Crippen LogP contribution in [-0.2, 0) is 17.8 Å². The summed E-state index contributed by atoms with van der Waals surface area (Å²) in [6, 6.07) is 8.45. The van der Waals surface area contributed by atoms with Crippen molar-refractivity contribution in [3.63, 3.8) is 0 Å². The van der Waals surface area contributed by atoms with Crippen LogP contribution in [0.1, 0.15) is 44.2 Å². The van der Waals surface area contributed by atoms with Gasteiger partial charge in [-0.3, -0.25) is 4.79 Å². The van der Waals surface area contributed by atoms with Crippen LogP contribution in [0.5, 0.6) is 0 Å². The summed E-state index contributed by atoms with van der Waals surface area (Å²) in [4.78, 5) is 14.4. The van der Waals surface area contributed by atoms with Crippen LogP contribution in [0, 0.1) is 11.8 Å². The first kappa shape index (κ1) is 16.0. The number of carbonyl (C=O) groups is 1. The number of hydrogen-bond acceptors (Lipinski definition) is 2. The van der Waals surface area contributed by atoms with Gasteiger partial charge in [-0.25, -0.2) is 0 Å². The molecule has 1 aliphatic rings. The maximum atomic E-state index is 12.4. The van der Waals surface area contributed by atoms with Crippen molar-refractivity contribution in [3.8, 4) is 0 Å². The SMILES string of the molecule is CC(C)C(CCN)CCC(=O)N1CCc2ccccc2C1. The molecule has 3 nitrogen and oxygen atoms in total. The Hall–Kier alpha value is -1.35. The van der Waals surface area contributed by atoms with Crippen molar-refractivity contribution >= 4 is 5.91 Å². The van der Waals surface area contributed by atoms with Gasteiger partial charge in [-0.2, -0.15) is 0 Å². The van der Waals surface area contributed by atoms with Gasteiger partial charge >= 0.3 is 0 Å². The van der Waals surface area contributed by atoms with E-state index in [0.717, 1.165) is 32.4 Å². The molecule has 1 amide bonds. The summed E-state index contributed by atoms with van der Waals surface area (Å²) in [5, 5.41) is 0. The van der Waals surface area contributed by atoms with Gasteiger partial charge in [-0.05, 0) is 48.8 Å². The first-order valence-corrected chi connectivity index (χ1v) is 8.16. The van der Waals surface area contributed by atoms with Crippen LogP contribution in [0.2, 0.25) is 0 Å². The summed E-state index contributed by atoms with van der Waals surface area (Å²) in [6.45, 7) is 6.80. The van der Waals surface area contributed by atoms with Gasteiger partial charge in [0.15, 0.2) is 0 Å². The van der Waals surface area contributed by atoms with Crippen molar-refractivity contribution in [3.05, 3.63) is 35.4 Å². The van der Waals surface area contributed by atoms with E-state index in [9.17, 15) is 4.79 Å². The third-order valence-corrected chi connectivity index (χ3v) is 4.69. The van der Waals surface area contributed by atoms with Gasteiger partial charge < -0.3 is 10.6 Å². The second-order valence-electron chi connectivity index (χ2n) is 6.45. The first-order valence-electron chi connectivity index (χ1n) is 8.16. The summed E-state index contributed by atoms with van der Waals surface area (Å²) in [6.07, 6.45) is 3.63. The number of carbonyl (C=O) groups excluding carboxylic acids is 1. The Kier molecular flexibility index (Phi) is 5.80. The van der Waals surface area contributed by atoms with Crippen LogP contribution in [0.25, 0.3) is 0 Å². The molecule has 1 aliphatic heterocycles. The normalized spacial score (nSPS) is 15.9. The predicted molar refractivity (Wildman–Crippen MR) is 86.8 cm³/mol. The highest BCUT2D eigenvalue weighted by molar-refractivity contribution is 5.76. The highest BCUT2D eigenvalue weighted by Crippen LogP contribution is 2.23. The highest BCUT2D eigenvalue weighted by atomic mass is 16.2. The predicted octanol–water partition coefficient (Wildman–Crippen LogP) is 2.97. The summed E-state index contributed by atoms with van der Waals surface area (Å²) < 4.78 is 0. The molecular weight excluding hydrogens is 260 g/mol. The molecule has 3 heteroatoms. The molecule has 21 heavy (non-hydrogen) atoms. The molecule has 1 atom stereocenters. The number of benzene rings is 1. The minimum atomic E-state index is 0.298. The minimum Gasteiger partial charge on any atom is -0.338 e. The molecule has 0 aliphatic carbocycles. The Morgan fingerprint density at radius 1 is 1.24 bits per heavy atom. The van der Waals surface area contributed by atoms with Crippen molar-refractivity contribution in [2.45, 2.75) is 46.1 Å². The average molecular weight is 288 g/mol. The Labute approximate surface area is 128 Å². The van der Waals surface area contributed by atoms with E-state index in [1.807, 2.05) is 4.90 Å². The van der Waals surface area contributed by atoms with Crippen molar-refractivity contribution in [1.29, 1.82) is 0 Å². The maximum absolute atomic E-state index is 12.4. The Bertz CT molecular complexity index is 470. The molecule has 1 aromatic carbocycles. The molecule has 1 heterocycles. The Morgan fingerprint density at radius 2 is 1.95 bits per heavy atom. The number of amides is 1. The van der Waals surface area contributed by atoms with Gasteiger partial charge in [0.05, 0.1) is 0 Å². The number of fused-ring (bicyclic) bond motifs is 1. The largest absolute Gasteiger partial charge is 0.338 e. The minimum absolute atomic E-state index is 0.298. The fraction of sp³-hybridized carbons (Fsp3) is 0.611. The van der Waals surface area contributed by atoms with Crippen LogP contribution < -0.4 is 5.73 Å². The van der Waals surface area contributed by atoms with E-state index >= 15 is 0 Å². The number of nitrogens with two attached hydrogens (primary N) is 1. The summed E-state index contributed by atoms with van der Waals surface area (Å²) >= 11 is 0. The quantitative estimate of drug-likeness (QED) is 0.874. The van der Waals surface area contributed by atoms with Gasteiger partial charge in [0.2, 0.25) is 5.91 Å². The molecular formula is C18H28N2O. The molecule has 0 saturated heterocycles. The highest BCUT2D eigenvalue weighted by Gasteiger charge is 2.21. The van der Waals surface area contributed by atoms with Crippen molar-refractivity contribution in [1.82, 2.24) is 4.90 Å². The summed E-state index contributed by atoms with van der Waals surface area (Å²) in [7, 11) is 0. The fourth-order valence-electron chi connectivity index (χ4n) is 3.20. The van der Waals surface area contributed by atoms with Crippen molar-refractivity contribution < 1.29 is 4.79 Å². The van der Waals surface area contributed by atoms with Crippen LogP contribution in [0.15, 0.2) is 24.3 Å². The average Bonchev–Trinajstić information content (AvgIpc) is 2.50. The molecule has 1 unspecified atom stereocenters. The number of rotatable bonds is 6. The molecule has 0 radical (unpaired) electrons. The lowest BCUT2D eigenvalue weighted by molar-refractivity contribution is -0.132. The molecule has 2 N–H and O–H groups in total. The van der Waals surface area contributed by atoms with E-state index in [0.29, 0.717) is 30.7 Å². The Balaban J connectivity index is 1.87. The first-order chi connectivity index (χ1) is 10.1. The zero-order valence-corrected chi connectivity index (χ0v) is 13.3. The molecule has 116 valence electrons. The van der Waals surface area contributed by atoms with Crippen LogP contribution in [0.4, 0.5) is 0 Å². The zero-order valence-electron chi connectivity index (χ0n) is 13.3. The standard InChI is InChI=1S/C18H28N2O/c1-14(2)15(9-11-19)7-8-18(21)20-12-10-16-5-3-4-6-17(16)13-20/h3-6,14-15H,7-13,19H2,1-2H3. The third-order valence-electron chi connectivity index (χ3n) is 4.69. The molecule has 0 fully saturated rings. The van der Waals surface area contributed by atoms with Gasteiger partial charge in [0, 0.05) is 19.5 Å². The van der Waals surface area contributed by atoms with Crippen molar-refractivity contribution in [2.75, 3.05) is 13.1 Å². The van der Waals surface area contributed by atoms with E-state index < -0.39 is 0 Å². The van der Waals surface area contributed by atoms with Crippen LogP contribution in [0.3, 0.4) is 0 Å². The maximum Gasteiger partial charge on any atom is 0.222 e. The monoisotopic (exact) mass is 288 g/mol. The van der Waals surface area contributed by atoms with Gasteiger partial charge in [0.25, 0.3) is 0 Å². The molecule has 0 saturated carbocycles. The second kappa shape index (κ2) is 7.60. The van der Waals surface area contributed by atoms with Crippen molar-refractivity contribution in [2.24, 2.45) is 17.6 Å². The van der Waals surface area contributed by atoms with E-state index in [2.05, 4.69) is 38.1 Å². The zero-order chi connectivity index (χ0) is 15.2. The van der Waals surface area contributed by atoms with Crippen LogP contribution in [-0.4, -0.2) is 23.9 Å². The third kappa shape index (κ3) is 4.31. The number of nitrogens with zero attached hydrogens (tertiary/aromatic N) is 1. The fourth-order valence-corrected chi connectivity index (χ4v) is 3.20. The van der Waals surface area contributed by atoms with Gasteiger partial charge in [-0.1, -0.05) is 38.1 Å². The smallest absolute Gasteiger partial charge is 0.222 e. The molecule has 2 rings (SSSR count). The molecule has 1 aromatic rings. The summed E-state index contributed by atoms with van der Waals surface area (Å²) in [5.41, 5.74) is 8.37. The van der Waals surface area contributed by atoms with E-state index in [1.54, 1.807) is 0 Å². The van der Waals surface area contributed by atoms with Gasteiger partial charge in [0.1, 0.15) is 0 Å². The lowest BCUT2D eigenvalue weighted by atomic mass is 9.88. The van der Waals surface area contributed by atoms with E-state index in [4.69, 9.17) is 5.73 Å². The Morgan fingerprint density at radius 3 is 2.62 bits per heavy atom. The van der Waals surface area contributed by atoms with E-state index in [1.165, 1.54) is 11.1 Å². The topological polar surface area (TPSA) is 46.3 Å². The lowest BCUT2D eigenvalue weighted by Crippen LogP contribution is -2.36. The van der Waals surface area contributed by atoms with E-state index in [-0.39, 0.29) is 0 Å². The number of hydrogen-bond donors (Lipinski definition) is 1. The molecule has 0 aromatic heterocycles. The molecule has 0 spiro atoms. The summed E-state index contributed by atoms with van der Waals surface area (Å²) in [5.74, 6) is 1.46. The van der Waals surface area contributed by atoms with Gasteiger partial charge in [-0.15, -0.1) is 0 Å². The lowest BCUT2D eigenvalue weighted by Gasteiger charge is -2.30. The molecule has 0 bridgehead atoms. The van der Waals surface area contributed by atoms with Crippen LogP contribution >= 0.6 is 0 Å². The second-order valence-corrected chi connectivity index (χ2v) is 6.45.